The number of nitrogens with one attached hydrogen (secondary N) is 1. The van der Waals surface area contributed by atoms with E-state index < -0.39 is 5.41 Å². The van der Waals surface area contributed by atoms with Crippen LogP contribution in [0.4, 0.5) is 0 Å². The van der Waals surface area contributed by atoms with Crippen LogP contribution in [-0.4, -0.2) is 16.9 Å². The number of rotatable bonds is 9. The van der Waals surface area contributed by atoms with Gasteiger partial charge in [0.05, 0.1) is 22.3 Å². The van der Waals surface area contributed by atoms with Crippen molar-refractivity contribution >= 4 is 28.5 Å². The molecule has 0 saturated carbocycles. The second-order valence-electron chi connectivity index (χ2n) is 15.4. The van der Waals surface area contributed by atoms with Gasteiger partial charge in [-0.1, -0.05) is 158 Å². The van der Waals surface area contributed by atoms with Gasteiger partial charge in [0.2, 0.25) is 0 Å². The number of nitrogens with zero attached hydrogens (tertiary/aromatic N) is 2. The fourth-order valence-electron chi connectivity index (χ4n) is 8.55. The van der Waals surface area contributed by atoms with E-state index in [1.807, 2.05) is 87.0 Å². The molecule has 4 nitrogen and oxygen atoms in total. The van der Waals surface area contributed by atoms with Gasteiger partial charge in [0.25, 0.3) is 0 Å². The summed E-state index contributed by atoms with van der Waals surface area (Å²) in [5, 5.41) is 10.3. The van der Waals surface area contributed by atoms with Gasteiger partial charge in [0.15, 0.2) is 0 Å². The van der Waals surface area contributed by atoms with Crippen molar-refractivity contribution < 1.29 is 4.74 Å². The maximum Gasteiger partial charge on any atom is 0.132 e. The number of pyridine rings is 1. The van der Waals surface area contributed by atoms with Crippen LogP contribution in [0.2, 0.25) is 0 Å². The predicted molar refractivity (Wildman–Crippen MR) is 250 cm³/mol. The summed E-state index contributed by atoms with van der Waals surface area (Å²) in [6.45, 7) is 8.18. The van der Waals surface area contributed by atoms with Crippen LogP contribution in [0.15, 0.2) is 210 Å². The van der Waals surface area contributed by atoms with Crippen molar-refractivity contribution in [2.24, 2.45) is 4.99 Å². The van der Waals surface area contributed by atoms with Crippen molar-refractivity contribution in [3.63, 3.8) is 0 Å². The standard InChI is InChI=1S/C56H45N3O/c1-5-6-16-37(2)38(3)26-27-39(4)51(57)35-52(59-36-40-17-8-7-9-18-40)43-29-31-50-54(34-43)60-53-33-42(44-23-14-19-41-20-15-32-58-55(41)44)28-30-49(53)56(50)47-24-12-10-21-45(47)46-22-11-13-25-48(46)56/h5-36,57H,1-4H3/b6-5-,37-16+,38-26+,39-27+,52-35-,57-51?,59-36?. The third kappa shape index (κ3) is 6.76. The lowest BCUT2D eigenvalue weighted by Gasteiger charge is -2.39. The van der Waals surface area contributed by atoms with Gasteiger partial charge in [-0.05, 0) is 102 Å². The monoisotopic (exact) mass is 775 g/mol. The molecule has 60 heavy (non-hydrogen) atoms. The second-order valence-corrected chi connectivity index (χ2v) is 15.4. The number of ether oxygens (including phenoxy) is 1. The minimum Gasteiger partial charge on any atom is -0.457 e. The Morgan fingerprint density at radius 2 is 1.25 bits per heavy atom. The van der Waals surface area contributed by atoms with E-state index in [1.54, 1.807) is 0 Å². The molecule has 0 fully saturated rings. The Morgan fingerprint density at radius 3 is 2.00 bits per heavy atom. The third-order valence-electron chi connectivity index (χ3n) is 11.8. The van der Waals surface area contributed by atoms with Crippen molar-refractivity contribution in [3.05, 3.63) is 238 Å². The summed E-state index contributed by atoms with van der Waals surface area (Å²) in [5.74, 6) is 1.55. The van der Waals surface area contributed by atoms with Gasteiger partial charge in [-0.15, -0.1) is 0 Å². The van der Waals surface area contributed by atoms with E-state index in [0.29, 0.717) is 11.4 Å². The summed E-state index contributed by atoms with van der Waals surface area (Å²) in [6.07, 6.45) is 15.8. The zero-order valence-corrected chi connectivity index (χ0v) is 34.3. The zero-order chi connectivity index (χ0) is 41.2. The maximum absolute atomic E-state index is 9.25. The Hall–Kier alpha value is -7.43. The van der Waals surface area contributed by atoms with Crippen LogP contribution in [0, 0.1) is 5.41 Å². The lowest BCUT2D eigenvalue weighted by Crippen LogP contribution is -2.32. The van der Waals surface area contributed by atoms with Gasteiger partial charge in [-0.25, -0.2) is 0 Å². The summed E-state index contributed by atoms with van der Waals surface area (Å²) in [4.78, 5) is 9.84. The molecule has 0 atom stereocenters. The quantitative estimate of drug-likeness (QED) is 0.117. The Kier molecular flexibility index (Phi) is 10.2. The summed E-state index contributed by atoms with van der Waals surface area (Å²) >= 11 is 0. The lowest BCUT2D eigenvalue weighted by molar-refractivity contribution is 0.436. The molecule has 2 heterocycles. The van der Waals surface area contributed by atoms with Gasteiger partial charge in [0, 0.05) is 40.1 Å². The van der Waals surface area contributed by atoms with Gasteiger partial charge >= 0.3 is 0 Å². The number of aromatic nitrogens is 1. The zero-order valence-electron chi connectivity index (χ0n) is 34.3. The molecule has 0 amide bonds. The molecule has 4 heteroatoms. The highest BCUT2D eigenvalue weighted by Gasteiger charge is 2.51. The van der Waals surface area contributed by atoms with E-state index in [4.69, 9.17) is 14.7 Å². The van der Waals surface area contributed by atoms with Crippen LogP contribution in [0.5, 0.6) is 11.5 Å². The number of fused-ring (bicyclic) bond motifs is 10. The van der Waals surface area contributed by atoms with Gasteiger partial charge in [-0.3, -0.25) is 9.98 Å². The highest BCUT2D eigenvalue weighted by Crippen LogP contribution is 2.62. The van der Waals surface area contributed by atoms with Crippen molar-refractivity contribution in [2.75, 3.05) is 0 Å². The van der Waals surface area contributed by atoms with Crippen LogP contribution in [-0.2, 0) is 5.41 Å². The van der Waals surface area contributed by atoms with Crippen molar-refractivity contribution in [3.8, 4) is 33.8 Å². The molecular weight excluding hydrogens is 731 g/mol. The number of benzene rings is 6. The van der Waals surface area contributed by atoms with E-state index in [-0.39, 0.29) is 0 Å². The molecule has 0 saturated heterocycles. The molecule has 0 radical (unpaired) electrons. The molecule has 0 bridgehead atoms. The molecule has 1 aliphatic carbocycles. The minimum absolute atomic E-state index is 0.377. The fraction of sp³-hybridized carbons (Fsp3) is 0.0893. The number of aliphatic imine (C=N–C) groups is 1. The first-order chi connectivity index (χ1) is 29.4. The van der Waals surface area contributed by atoms with Crippen LogP contribution in [0.25, 0.3) is 38.9 Å². The van der Waals surface area contributed by atoms with E-state index >= 15 is 0 Å². The van der Waals surface area contributed by atoms with E-state index in [0.717, 1.165) is 66.9 Å². The average Bonchev–Trinajstić information content (AvgIpc) is 3.58. The van der Waals surface area contributed by atoms with Crippen LogP contribution >= 0.6 is 0 Å². The topological polar surface area (TPSA) is 58.3 Å². The highest BCUT2D eigenvalue weighted by atomic mass is 16.5. The molecule has 0 unspecified atom stereocenters. The molecule has 1 aliphatic heterocycles. The van der Waals surface area contributed by atoms with E-state index in [1.165, 1.54) is 27.8 Å². The van der Waals surface area contributed by atoms with Crippen LogP contribution in [0.1, 0.15) is 61.1 Å². The Bertz CT molecular complexity index is 2960. The smallest absolute Gasteiger partial charge is 0.132 e. The molecule has 290 valence electrons. The van der Waals surface area contributed by atoms with Gasteiger partial charge in [0.1, 0.15) is 11.5 Å². The second kappa shape index (κ2) is 16.1. The molecule has 1 aromatic heterocycles. The van der Waals surface area contributed by atoms with Crippen LogP contribution in [0.3, 0.4) is 0 Å². The first kappa shape index (κ1) is 38.1. The maximum atomic E-state index is 9.25. The third-order valence-corrected chi connectivity index (χ3v) is 11.8. The number of para-hydroxylation sites is 1. The Morgan fingerprint density at radius 1 is 0.617 bits per heavy atom. The summed E-state index contributed by atoms with van der Waals surface area (Å²) < 4.78 is 7.11. The molecule has 7 aromatic rings. The van der Waals surface area contributed by atoms with Crippen LogP contribution < -0.4 is 4.74 Å². The Labute approximate surface area is 352 Å². The van der Waals surface area contributed by atoms with Gasteiger partial charge < -0.3 is 10.1 Å². The van der Waals surface area contributed by atoms with Gasteiger partial charge in [-0.2, -0.15) is 0 Å². The predicted octanol–water partition coefficient (Wildman–Crippen LogP) is 14.3. The minimum atomic E-state index is -0.628. The molecule has 9 rings (SSSR count). The molecular formula is C56H45N3O. The molecule has 1 N–H and O–H groups in total. The van der Waals surface area contributed by atoms with Crippen molar-refractivity contribution in [1.29, 1.82) is 5.41 Å². The summed E-state index contributed by atoms with van der Waals surface area (Å²) in [5.41, 5.74) is 15.5. The molecule has 6 aromatic carbocycles. The molecule has 1 spiro atoms. The SMILES string of the molecule is C\C=C/C=C(C)/C(C)=C/C=C(\C)C(=N)/C=C(\N=Cc1ccccc1)c1ccc2c(c1)Oc1cc(-c3cccc4cccnc34)ccc1C21c2ccccc2-c2ccccc21. The molecule has 2 aliphatic rings. The normalized spacial score (nSPS) is 14.6. The highest BCUT2D eigenvalue weighted by molar-refractivity contribution is 6.10. The largest absolute Gasteiger partial charge is 0.457 e. The van der Waals surface area contributed by atoms with E-state index in [2.05, 4.69) is 135 Å². The number of allylic oxidation sites excluding steroid dienone is 9. The van der Waals surface area contributed by atoms with Crippen molar-refractivity contribution in [2.45, 2.75) is 33.1 Å². The summed E-state index contributed by atoms with van der Waals surface area (Å²) in [7, 11) is 0. The number of hydrogen-bond donors (Lipinski definition) is 1. The average molecular weight is 776 g/mol. The van der Waals surface area contributed by atoms with Crippen molar-refractivity contribution in [1.82, 2.24) is 4.98 Å². The van der Waals surface area contributed by atoms with E-state index in [9.17, 15) is 5.41 Å². The first-order valence-electron chi connectivity index (χ1n) is 20.4. The number of hydrogen-bond acceptors (Lipinski definition) is 4. The first-order valence-corrected chi connectivity index (χ1v) is 20.4. The Balaban J connectivity index is 1.22. The summed E-state index contributed by atoms with van der Waals surface area (Å²) in [6, 6.07) is 51.1. The fourth-order valence-corrected chi connectivity index (χ4v) is 8.55. The lowest BCUT2D eigenvalue weighted by atomic mass is 9.66.